The van der Waals surface area contributed by atoms with E-state index in [1.54, 1.807) is 23.1 Å². The molecular formula is C19H23N5O2. The number of pyridine rings is 1. The first-order chi connectivity index (χ1) is 12.5. The second-order valence-corrected chi connectivity index (χ2v) is 7.18. The SMILES string of the molecule is Cc1cc(NC(=O)[C@H]2CCC(=O)N(C3CC3)[C@@H]2c2ccnn2C)ccn1. The summed E-state index contributed by atoms with van der Waals surface area (Å²) in [5, 5.41) is 7.27. The van der Waals surface area contributed by atoms with Crippen LogP contribution in [0, 0.1) is 12.8 Å². The van der Waals surface area contributed by atoms with E-state index < -0.39 is 0 Å². The largest absolute Gasteiger partial charge is 0.330 e. The van der Waals surface area contributed by atoms with Crippen molar-refractivity contribution in [1.29, 1.82) is 0 Å². The van der Waals surface area contributed by atoms with E-state index >= 15 is 0 Å². The predicted octanol–water partition coefficient (Wildman–Crippen LogP) is 2.20. The maximum atomic E-state index is 13.1. The smallest absolute Gasteiger partial charge is 0.229 e. The molecule has 0 bridgehead atoms. The fourth-order valence-electron chi connectivity index (χ4n) is 3.85. The van der Waals surface area contributed by atoms with Gasteiger partial charge in [0, 0.05) is 43.3 Å². The standard InChI is InChI=1S/C19H23N5O2/c1-12-11-13(7-9-20-12)22-19(26)15-5-6-17(25)24(14-3-4-14)18(15)16-8-10-21-23(16)2/h7-11,14-15,18H,3-6H2,1-2H3,(H,20,22,26)/t15-,18-/m0/s1. The lowest BCUT2D eigenvalue weighted by Crippen LogP contribution is -2.48. The molecule has 0 unspecified atom stereocenters. The van der Waals surface area contributed by atoms with E-state index in [4.69, 9.17) is 0 Å². The molecule has 1 N–H and O–H groups in total. The van der Waals surface area contributed by atoms with E-state index in [0.717, 1.165) is 29.9 Å². The molecule has 0 radical (unpaired) electrons. The summed E-state index contributed by atoms with van der Waals surface area (Å²) in [6.45, 7) is 1.89. The molecular weight excluding hydrogens is 330 g/mol. The molecule has 136 valence electrons. The van der Waals surface area contributed by atoms with Crippen molar-refractivity contribution in [2.45, 2.75) is 44.7 Å². The Bertz CT molecular complexity index is 842. The zero-order valence-corrected chi connectivity index (χ0v) is 15.1. The third-order valence-corrected chi connectivity index (χ3v) is 5.24. The van der Waals surface area contributed by atoms with Crippen LogP contribution in [0.1, 0.15) is 43.1 Å². The van der Waals surface area contributed by atoms with Crippen molar-refractivity contribution in [3.05, 3.63) is 42.0 Å². The van der Waals surface area contributed by atoms with Crippen molar-refractivity contribution in [3.63, 3.8) is 0 Å². The molecule has 2 aromatic heterocycles. The van der Waals surface area contributed by atoms with Crippen LogP contribution < -0.4 is 5.32 Å². The van der Waals surface area contributed by atoms with E-state index in [2.05, 4.69) is 15.4 Å². The van der Waals surface area contributed by atoms with E-state index in [0.29, 0.717) is 12.8 Å². The molecule has 26 heavy (non-hydrogen) atoms. The Morgan fingerprint density at radius 2 is 2.04 bits per heavy atom. The van der Waals surface area contributed by atoms with Gasteiger partial charge in [-0.3, -0.25) is 19.3 Å². The van der Waals surface area contributed by atoms with Crippen molar-refractivity contribution in [2.24, 2.45) is 13.0 Å². The van der Waals surface area contributed by atoms with Gasteiger partial charge in [-0.25, -0.2) is 0 Å². The minimum absolute atomic E-state index is 0.0556. The Morgan fingerprint density at radius 3 is 2.69 bits per heavy atom. The summed E-state index contributed by atoms with van der Waals surface area (Å²) in [5.41, 5.74) is 2.50. The monoisotopic (exact) mass is 353 g/mol. The number of amides is 2. The number of likely N-dealkylation sites (tertiary alicyclic amines) is 1. The normalized spacial score (nSPS) is 23.2. The minimum atomic E-state index is -0.294. The highest BCUT2D eigenvalue weighted by Crippen LogP contribution is 2.43. The lowest BCUT2D eigenvalue weighted by molar-refractivity contribution is -0.143. The molecule has 4 rings (SSSR count). The average molecular weight is 353 g/mol. The number of carbonyl (C=O) groups excluding carboxylic acids is 2. The van der Waals surface area contributed by atoms with Crippen molar-refractivity contribution in [1.82, 2.24) is 19.7 Å². The highest BCUT2D eigenvalue weighted by atomic mass is 16.2. The summed E-state index contributed by atoms with van der Waals surface area (Å²) < 4.78 is 1.77. The van der Waals surface area contributed by atoms with Gasteiger partial charge in [0.2, 0.25) is 11.8 Å². The molecule has 2 amide bonds. The topological polar surface area (TPSA) is 80.1 Å². The summed E-state index contributed by atoms with van der Waals surface area (Å²) in [6.07, 6.45) is 6.40. The zero-order chi connectivity index (χ0) is 18.3. The number of nitrogens with zero attached hydrogens (tertiary/aromatic N) is 4. The molecule has 0 spiro atoms. The summed E-state index contributed by atoms with van der Waals surface area (Å²) in [5.74, 6) is -0.209. The first kappa shape index (κ1) is 16.8. The van der Waals surface area contributed by atoms with Gasteiger partial charge in [-0.15, -0.1) is 0 Å². The Balaban J connectivity index is 1.65. The van der Waals surface area contributed by atoms with Crippen LogP contribution in [0.2, 0.25) is 0 Å². The van der Waals surface area contributed by atoms with Crippen molar-refractivity contribution in [3.8, 4) is 0 Å². The minimum Gasteiger partial charge on any atom is -0.330 e. The van der Waals surface area contributed by atoms with Crippen LogP contribution in [-0.4, -0.2) is 37.5 Å². The Kier molecular flexibility index (Phi) is 4.22. The molecule has 0 aromatic carbocycles. The van der Waals surface area contributed by atoms with E-state index in [1.165, 1.54) is 0 Å². The van der Waals surface area contributed by atoms with Gasteiger partial charge in [-0.1, -0.05) is 0 Å². The first-order valence-electron chi connectivity index (χ1n) is 9.07. The molecule has 1 aliphatic carbocycles. The third kappa shape index (κ3) is 3.09. The predicted molar refractivity (Wildman–Crippen MR) is 96.1 cm³/mol. The summed E-state index contributed by atoms with van der Waals surface area (Å²) in [7, 11) is 1.86. The highest BCUT2D eigenvalue weighted by Gasteiger charge is 2.47. The third-order valence-electron chi connectivity index (χ3n) is 5.24. The number of hydrogen-bond acceptors (Lipinski definition) is 4. The van der Waals surface area contributed by atoms with Crippen LogP contribution in [0.4, 0.5) is 5.69 Å². The van der Waals surface area contributed by atoms with E-state index in [1.807, 2.05) is 31.0 Å². The van der Waals surface area contributed by atoms with Crippen molar-refractivity contribution in [2.75, 3.05) is 5.32 Å². The maximum Gasteiger partial charge on any atom is 0.229 e. The number of anilines is 1. The van der Waals surface area contributed by atoms with Gasteiger partial charge < -0.3 is 10.2 Å². The fraction of sp³-hybridized carbons (Fsp3) is 0.474. The molecule has 7 nitrogen and oxygen atoms in total. The molecule has 2 aliphatic rings. The highest BCUT2D eigenvalue weighted by molar-refractivity contribution is 5.94. The number of rotatable bonds is 4. The van der Waals surface area contributed by atoms with E-state index in [-0.39, 0.29) is 29.8 Å². The van der Waals surface area contributed by atoms with Crippen LogP contribution in [0.5, 0.6) is 0 Å². The van der Waals surface area contributed by atoms with Crippen molar-refractivity contribution < 1.29 is 9.59 Å². The van der Waals surface area contributed by atoms with Gasteiger partial charge in [-0.2, -0.15) is 5.10 Å². The first-order valence-corrected chi connectivity index (χ1v) is 9.07. The summed E-state index contributed by atoms with van der Waals surface area (Å²) >= 11 is 0. The number of nitrogens with one attached hydrogen (secondary N) is 1. The Hall–Kier alpha value is -2.70. The van der Waals surface area contributed by atoms with Gasteiger partial charge in [0.05, 0.1) is 17.7 Å². The molecule has 1 saturated heterocycles. The van der Waals surface area contributed by atoms with Gasteiger partial charge in [0.25, 0.3) is 0 Å². The molecule has 1 saturated carbocycles. The molecule has 1 aliphatic heterocycles. The Labute approximate surface area is 152 Å². The molecule has 2 aromatic rings. The number of hydrogen-bond donors (Lipinski definition) is 1. The quantitative estimate of drug-likeness (QED) is 0.914. The molecule has 2 atom stereocenters. The molecule has 7 heteroatoms. The number of aryl methyl sites for hydroxylation is 2. The molecule has 3 heterocycles. The van der Waals surface area contributed by atoms with Crippen LogP contribution in [0.15, 0.2) is 30.6 Å². The second kappa shape index (κ2) is 6.55. The fourth-order valence-corrected chi connectivity index (χ4v) is 3.85. The number of carbonyl (C=O) groups is 2. The van der Waals surface area contributed by atoms with Gasteiger partial charge in [0.1, 0.15) is 0 Å². The lowest BCUT2D eigenvalue weighted by Gasteiger charge is -2.40. The van der Waals surface area contributed by atoms with Crippen molar-refractivity contribution >= 4 is 17.5 Å². The number of aromatic nitrogens is 3. The van der Waals surface area contributed by atoms with Crippen LogP contribution in [-0.2, 0) is 16.6 Å². The second-order valence-electron chi connectivity index (χ2n) is 7.18. The summed E-state index contributed by atoms with van der Waals surface area (Å²) in [4.78, 5) is 31.8. The van der Waals surface area contributed by atoms with Gasteiger partial charge in [0.15, 0.2) is 0 Å². The zero-order valence-electron chi connectivity index (χ0n) is 15.1. The van der Waals surface area contributed by atoms with Crippen LogP contribution >= 0.6 is 0 Å². The number of piperidine rings is 1. The van der Waals surface area contributed by atoms with Crippen LogP contribution in [0.3, 0.4) is 0 Å². The van der Waals surface area contributed by atoms with E-state index in [9.17, 15) is 9.59 Å². The van der Waals surface area contributed by atoms with Gasteiger partial charge >= 0.3 is 0 Å². The Morgan fingerprint density at radius 1 is 1.23 bits per heavy atom. The summed E-state index contributed by atoms with van der Waals surface area (Å²) in [6, 6.07) is 5.54. The maximum absolute atomic E-state index is 13.1. The lowest BCUT2D eigenvalue weighted by atomic mass is 9.85. The molecule has 2 fully saturated rings. The average Bonchev–Trinajstić information content (AvgIpc) is 3.35. The van der Waals surface area contributed by atoms with Gasteiger partial charge in [-0.05, 0) is 44.4 Å². The van der Waals surface area contributed by atoms with Crippen LogP contribution in [0.25, 0.3) is 0 Å².